The number of piperidine rings is 1. The second kappa shape index (κ2) is 11.4. The number of halogens is 3. The maximum absolute atomic E-state index is 14.1. The molecule has 15 heteroatoms. The van der Waals surface area contributed by atoms with Crippen molar-refractivity contribution in [1.82, 2.24) is 28.9 Å². The summed E-state index contributed by atoms with van der Waals surface area (Å²) in [6, 6.07) is 6.44. The second-order valence-electron chi connectivity index (χ2n) is 11.7. The van der Waals surface area contributed by atoms with Gasteiger partial charge in [0.05, 0.1) is 18.7 Å². The molecule has 11 nitrogen and oxygen atoms in total. The molecule has 0 radical (unpaired) electrons. The molecule has 1 saturated heterocycles. The third-order valence-electron chi connectivity index (χ3n) is 8.68. The van der Waals surface area contributed by atoms with Crippen molar-refractivity contribution in [2.45, 2.75) is 76.0 Å². The van der Waals surface area contributed by atoms with Crippen molar-refractivity contribution in [2.75, 3.05) is 18.0 Å². The molecular weight excluding hydrogens is 611 g/mol. The topological polar surface area (TPSA) is 134 Å². The number of hydrogen-bond acceptors (Lipinski definition) is 8. The highest BCUT2D eigenvalue weighted by atomic mass is 32.2. The van der Waals surface area contributed by atoms with E-state index < -0.39 is 40.3 Å². The minimum atomic E-state index is -4.72. The monoisotopic (exact) mass is 643 g/mol. The predicted molar refractivity (Wildman–Crippen MR) is 157 cm³/mol. The van der Waals surface area contributed by atoms with Crippen LogP contribution in [0.2, 0.25) is 0 Å². The number of anilines is 1. The number of nitrogens with zero attached hydrogens (tertiary/aromatic N) is 7. The Bertz CT molecular complexity index is 1910. The van der Waals surface area contributed by atoms with E-state index >= 15 is 0 Å². The number of aryl methyl sites for hydroxylation is 3. The highest BCUT2D eigenvalue weighted by Crippen LogP contribution is 2.37. The van der Waals surface area contributed by atoms with Crippen molar-refractivity contribution in [2.24, 2.45) is 0 Å². The summed E-state index contributed by atoms with van der Waals surface area (Å²) in [5.74, 6) is -2.70. The molecule has 0 aliphatic carbocycles. The zero-order chi connectivity index (χ0) is 32.3. The Morgan fingerprint density at radius 1 is 1.13 bits per heavy atom. The molecule has 4 aromatic rings. The summed E-state index contributed by atoms with van der Waals surface area (Å²) in [5.41, 5.74) is 2.98. The van der Waals surface area contributed by atoms with Gasteiger partial charge in [-0.25, -0.2) is 13.4 Å². The van der Waals surface area contributed by atoms with Gasteiger partial charge in [-0.1, -0.05) is 6.07 Å². The van der Waals surface area contributed by atoms with E-state index in [4.69, 9.17) is 4.98 Å². The number of aromatic nitrogens is 5. The summed E-state index contributed by atoms with van der Waals surface area (Å²) in [6.45, 7) is 6.08. The second-order valence-corrected chi connectivity index (χ2v) is 13.6. The maximum Gasteiger partial charge on any atom is 0.452 e. The Labute approximate surface area is 257 Å². The summed E-state index contributed by atoms with van der Waals surface area (Å²) in [5, 5.41) is 16.9. The van der Waals surface area contributed by atoms with E-state index in [9.17, 15) is 31.5 Å². The molecule has 6 rings (SSSR count). The Hall–Kier alpha value is -4.11. The van der Waals surface area contributed by atoms with Crippen LogP contribution >= 0.6 is 0 Å². The van der Waals surface area contributed by atoms with E-state index in [-0.39, 0.29) is 29.7 Å². The third kappa shape index (κ3) is 5.63. The van der Waals surface area contributed by atoms with Crippen LogP contribution in [0.5, 0.6) is 0 Å². The number of alkyl halides is 3. The molecule has 0 spiro atoms. The van der Waals surface area contributed by atoms with Crippen LogP contribution in [-0.4, -0.2) is 67.5 Å². The van der Waals surface area contributed by atoms with Gasteiger partial charge in [0.15, 0.2) is 5.65 Å². The van der Waals surface area contributed by atoms with E-state index in [1.165, 1.54) is 16.6 Å². The molecule has 238 valence electrons. The lowest BCUT2D eigenvalue weighted by Crippen LogP contribution is -2.45. The van der Waals surface area contributed by atoms with Gasteiger partial charge in [0.25, 0.3) is 0 Å². The standard InChI is InChI=1S/C30H32F3N7O4S/c1-17-12-25-28(34-14-17)39-10-5-4-6-20(39)15-38(45(25,43)44)16-24-18(2)7-8-23(35-24)22(13-26(41)42)21-9-11-40-27(19(21)3)36-37-29(40)30(31,32)33/h7-9,11-12,14,20,22H,4-6,10,13,15-16H2,1-3H3,(H,41,42)/t20-,22-/m0/s1. The van der Waals surface area contributed by atoms with Crippen LogP contribution in [0, 0.1) is 20.8 Å². The fourth-order valence-corrected chi connectivity index (χ4v) is 8.03. The van der Waals surface area contributed by atoms with E-state index in [0.717, 1.165) is 34.8 Å². The number of carboxylic acids is 1. The van der Waals surface area contributed by atoms with Gasteiger partial charge in [0, 0.05) is 43.1 Å². The lowest BCUT2D eigenvalue weighted by molar-refractivity contribution is -0.145. The molecule has 2 atom stereocenters. The number of aliphatic carboxylic acids is 1. The summed E-state index contributed by atoms with van der Waals surface area (Å²) in [7, 11) is -3.97. The molecule has 6 heterocycles. The van der Waals surface area contributed by atoms with Gasteiger partial charge >= 0.3 is 12.1 Å². The Balaban J connectivity index is 1.41. The molecule has 2 aliphatic rings. The highest BCUT2D eigenvalue weighted by molar-refractivity contribution is 7.89. The van der Waals surface area contributed by atoms with E-state index in [1.807, 2.05) is 6.92 Å². The van der Waals surface area contributed by atoms with Crippen LogP contribution in [0.1, 0.15) is 71.1 Å². The first-order chi connectivity index (χ1) is 21.3. The van der Waals surface area contributed by atoms with Gasteiger partial charge in [-0.3, -0.25) is 14.2 Å². The van der Waals surface area contributed by atoms with Gasteiger partial charge in [-0.2, -0.15) is 17.5 Å². The van der Waals surface area contributed by atoms with Crippen molar-refractivity contribution >= 4 is 27.5 Å². The number of pyridine rings is 3. The van der Waals surface area contributed by atoms with E-state index in [1.54, 1.807) is 38.2 Å². The number of carboxylic acid groups (broad SMARTS) is 1. The summed E-state index contributed by atoms with van der Waals surface area (Å²) < 4.78 is 70.9. The Morgan fingerprint density at radius 2 is 1.91 bits per heavy atom. The van der Waals surface area contributed by atoms with Gasteiger partial charge in [0.1, 0.15) is 10.7 Å². The lowest BCUT2D eigenvalue weighted by atomic mass is 9.89. The molecular formula is C30H32F3N7O4S. The minimum absolute atomic E-state index is 0.0437. The fraction of sp³-hybridized carbons (Fsp3) is 0.433. The Kier molecular flexibility index (Phi) is 7.80. The zero-order valence-corrected chi connectivity index (χ0v) is 25.7. The van der Waals surface area contributed by atoms with Crippen molar-refractivity contribution in [3.8, 4) is 0 Å². The van der Waals surface area contributed by atoms with Crippen molar-refractivity contribution in [3.05, 3.63) is 76.1 Å². The molecule has 0 unspecified atom stereocenters. The molecule has 1 fully saturated rings. The van der Waals surface area contributed by atoms with Crippen LogP contribution in [0.4, 0.5) is 19.0 Å². The largest absolute Gasteiger partial charge is 0.481 e. The molecule has 0 amide bonds. The number of rotatable bonds is 6. The molecule has 45 heavy (non-hydrogen) atoms. The van der Waals surface area contributed by atoms with E-state index in [0.29, 0.717) is 34.9 Å². The molecule has 0 aromatic carbocycles. The molecule has 0 saturated carbocycles. The van der Waals surface area contributed by atoms with Crippen molar-refractivity contribution in [1.29, 1.82) is 0 Å². The summed E-state index contributed by atoms with van der Waals surface area (Å²) in [6.07, 6.45) is 0.461. The number of carbonyl (C=O) groups is 1. The molecule has 4 aromatic heterocycles. The average Bonchev–Trinajstić information content (AvgIpc) is 3.40. The predicted octanol–water partition coefficient (Wildman–Crippen LogP) is 4.63. The fourth-order valence-electron chi connectivity index (χ4n) is 6.36. The van der Waals surface area contributed by atoms with Crippen LogP contribution in [0.25, 0.3) is 5.65 Å². The first-order valence-electron chi connectivity index (χ1n) is 14.6. The van der Waals surface area contributed by atoms with Crippen LogP contribution < -0.4 is 4.90 Å². The average molecular weight is 644 g/mol. The number of sulfonamides is 1. The molecule has 0 bridgehead atoms. The van der Waals surface area contributed by atoms with Gasteiger partial charge in [0.2, 0.25) is 15.8 Å². The SMILES string of the molecule is Cc1cnc2c(c1)S(=O)(=O)N(Cc1nc([C@@H](CC(=O)O)c3ccn4c(C(F)(F)F)nnc4c3C)ccc1C)C[C@@H]1CCCCN21. The first-order valence-corrected chi connectivity index (χ1v) is 16.0. The summed E-state index contributed by atoms with van der Waals surface area (Å²) >= 11 is 0. The normalized spacial score (nSPS) is 19.2. The number of hydrogen-bond donors (Lipinski definition) is 1. The zero-order valence-electron chi connectivity index (χ0n) is 24.9. The minimum Gasteiger partial charge on any atom is -0.481 e. The van der Waals surface area contributed by atoms with Gasteiger partial charge in [-0.05, 0) is 80.5 Å². The summed E-state index contributed by atoms with van der Waals surface area (Å²) in [4.78, 5) is 23.6. The quantitative estimate of drug-likeness (QED) is 0.319. The van der Waals surface area contributed by atoms with Crippen LogP contribution in [0.15, 0.2) is 41.6 Å². The molecule has 2 aliphatic heterocycles. The maximum atomic E-state index is 14.1. The first kappa shape index (κ1) is 30.9. The number of fused-ring (bicyclic) bond motifs is 4. The van der Waals surface area contributed by atoms with Crippen molar-refractivity contribution < 1.29 is 31.5 Å². The van der Waals surface area contributed by atoms with Crippen LogP contribution in [0.3, 0.4) is 0 Å². The molecule has 1 N–H and O–H groups in total. The Morgan fingerprint density at radius 3 is 2.64 bits per heavy atom. The van der Waals surface area contributed by atoms with Gasteiger partial charge in [-0.15, -0.1) is 10.2 Å². The van der Waals surface area contributed by atoms with Gasteiger partial charge < -0.3 is 10.0 Å². The smallest absolute Gasteiger partial charge is 0.452 e. The third-order valence-corrected chi connectivity index (χ3v) is 10.5. The van der Waals surface area contributed by atoms with Crippen molar-refractivity contribution in [3.63, 3.8) is 0 Å². The van der Waals surface area contributed by atoms with E-state index in [2.05, 4.69) is 20.1 Å². The highest BCUT2D eigenvalue weighted by Gasteiger charge is 2.40. The van der Waals surface area contributed by atoms with Crippen LogP contribution in [-0.2, 0) is 27.5 Å². The lowest BCUT2D eigenvalue weighted by Gasteiger charge is -2.36.